The van der Waals surface area contributed by atoms with Gasteiger partial charge < -0.3 is 15.9 Å². The van der Waals surface area contributed by atoms with Crippen LogP contribution in [0.2, 0.25) is 0 Å². The van der Waals surface area contributed by atoms with E-state index in [2.05, 4.69) is 22.6 Å². The van der Waals surface area contributed by atoms with Gasteiger partial charge in [0.25, 0.3) is 0 Å². The molecule has 0 heterocycles. The molecule has 0 aliphatic carbocycles. The highest BCUT2D eigenvalue weighted by atomic mass is 125. The van der Waals surface area contributed by atoms with Crippen LogP contribution < -0.4 is 5.73 Å². The molecule has 14 heavy (non-hydrogen) atoms. The van der Waals surface area contributed by atoms with Crippen molar-refractivity contribution in [3.63, 3.8) is 0 Å². The first-order chi connectivity index (χ1) is 6.50. The number of phenolic OH excluding ortho intramolecular Hbond substituents is 1. The van der Waals surface area contributed by atoms with Gasteiger partial charge in [-0.25, -0.2) is 0 Å². The maximum atomic E-state index is 10.5. The van der Waals surface area contributed by atoms with Gasteiger partial charge in [0.1, 0.15) is 11.8 Å². The lowest BCUT2D eigenvalue weighted by Crippen LogP contribution is -2.32. The number of aliphatic carboxylic acids is 1. The van der Waals surface area contributed by atoms with Crippen LogP contribution >= 0.6 is 22.6 Å². The molecule has 0 unspecified atom stereocenters. The van der Waals surface area contributed by atoms with Gasteiger partial charge in [0.05, 0.1) is 0 Å². The lowest BCUT2D eigenvalue weighted by Gasteiger charge is -2.08. The van der Waals surface area contributed by atoms with Gasteiger partial charge in [0, 0.05) is 3.57 Å². The molecule has 0 aliphatic rings. The Kier molecular flexibility index (Phi) is 3.70. The topological polar surface area (TPSA) is 83.5 Å². The summed E-state index contributed by atoms with van der Waals surface area (Å²) in [5, 5.41) is 17.8. The maximum Gasteiger partial charge on any atom is 0.320 e. The zero-order valence-electron chi connectivity index (χ0n) is 7.27. The molecule has 0 amide bonds. The summed E-state index contributed by atoms with van der Waals surface area (Å²) in [4.78, 5) is 10.5. The molecule has 5 heteroatoms. The van der Waals surface area contributed by atoms with E-state index in [1.165, 1.54) is 6.07 Å². The Morgan fingerprint density at radius 1 is 1.57 bits per heavy atom. The van der Waals surface area contributed by atoms with E-state index in [0.29, 0.717) is 0 Å². The van der Waals surface area contributed by atoms with Crippen LogP contribution in [0.1, 0.15) is 5.56 Å². The first kappa shape index (κ1) is 11.3. The number of aromatic hydroxyl groups is 1. The van der Waals surface area contributed by atoms with Gasteiger partial charge in [0.15, 0.2) is 0 Å². The standard InChI is InChI=1S/C9H10INO3/c10-7-2-1-6(12)3-5(7)4-8(11)9(13)14/h1-3,8,12H,4,11H2,(H,13,14)/t8-/m1/s1/i10-2. The second-order valence-corrected chi connectivity index (χ2v) is 4.09. The van der Waals surface area contributed by atoms with Gasteiger partial charge in [-0.1, -0.05) is 0 Å². The average Bonchev–Trinajstić information content (AvgIpc) is 2.11. The largest absolute Gasteiger partial charge is 0.508 e. The summed E-state index contributed by atoms with van der Waals surface area (Å²) in [6.45, 7) is 0. The molecule has 1 atom stereocenters. The van der Waals surface area contributed by atoms with Gasteiger partial charge in [-0.15, -0.1) is 0 Å². The lowest BCUT2D eigenvalue weighted by atomic mass is 10.1. The van der Waals surface area contributed by atoms with Gasteiger partial charge in [-0.3, -0.25) is 4.79 Å². The first-order valence-electron chi connectivity index (χ1n) is 3.96. The van der Waals surface area contributed by atoms with E-state index in [1.807, 2.05) is 0 Å². The van der Waals surface area contributed by atoms with Gasteiger partial charge in [-0.2, -0.15) is 0 Å². The van der Waals surface area contributed by atoms with Crippen molar-refractivity contribution in [2.24, 2.45) is 5.73 Å². The van der Waals surface area contributed by atoms with Crippen LogP contribution in [-0.4, -0.2) is 22.2 Å². The predicted octanol–water partition coefficient (Wildman–Crippen LogP) is 0.951. The van der Waals surface area contributed by atoms with Crippen LogP contribution in [0, 0.1) is 3.57 Å². The Balaban J connectivity index is 2.85. The van der Waals surface area contributed by atoms with Crippen LogP contribution in [0.3, 0.4) is 0 Å². The molecule has 1 aromatic rings. The molecule has 0 bridgehead atoms. The number of carboxylic acids is 1. The van der Waals surface area contributed by atoms with Crippen LogP contribution in [0.25, 0.3) is 0 Å². The van der Waals surface area contributed by atoms with Crippen molar-refractivity contribution < 1.29 is 15.0 Å². The minimum absolute atomic E-state index is 0.123. The molecule has 0 radical (unpaired) electrons. The fourth-order valence-electron chi connectivity index (χ4n) is 1.04. The van der Waals surface area contributed by atoms with E-state index in [4.69, 9.17) is 10.8 Å². The first-order valence-corrected chi connectivity index (χ1v) is 5.04. The third-order valence-electron chi connectivity index (χ3n) is 1.79. The Hall–Kier alpha value is -0.820. The molecule has 4 nitrogen and oxygen atoms in total. The molecule has 4 N–H and O–H groups in total. The van der Waals surface area contributed by atoms with E-state index in [1.54, 1.807) is 12.1 Å². The molecule has 1 aromatic carbocycles. The number of hydrogen-bond donors (Lipinski definition) is 3. The van der Waals surface area contributed by atoms with E-state index >= 15 is 0 Å². The van der Waals surface area contributed by atoms with Gasteiger partial charge in [0.2, 0.25) is 0 Å². The highest BCUT2D eigenvalue weighted by Crippen LogP contribution is 2.19. The predicted molar refractivity (Wildman–Crippen MR) is 60.1 cm³/mol. The third kappa shape index (κ3) is 2.85. The summed E-state index contributed by atoms with van der Waals surface area (Å²) in [5.74, 6) is -0.915. The summed E-state index contributed by atoms with van der Waals surface area (Å²) in [6, 6.07) is 3.88. The molecule has 0 aliphatic heterocycles. The van der Waals surface area contributed by atoms with E-state index in [0.717, 1.165) is 9.13 Å². The van der Waals surface area contributed by atoms with E-state index in [9.17, 15) is 9.90 Å². The number of hydrogen-bond acceptors (Lipinski definition) is 3. The fraction of sp³-hybridized carbons (Fsp3) is 0.222. The zero-order chi connectivity index (χ0) is 10.7. The zero-order valence-corrected chi connectivity index (χ0v) is 9.43. The SMILES string of the molecule is N[C@H](Cc1cc(O)ccc1[125I])C(=O)O. The highest BCUT2D eigenvalue weighted by molar-refractivity contribution is 14.1. The summed E-state index contributed by atoms with van der Waals surface area (Å²) in [6.07, 6.45) is 0.224. The second-order valence-electron chi connectivity index (χ2n) is 2.92. The fourth-order valence-corrected chi connectivity index (χ4v) is 1.60. The van der Waals surface area contributed by atoms with Crippen LogP contribution in [0.4, 0.5) is 0 Å². The minimum atomic E-state index is -1.04. The summed E-state index contributed by atoms with van der Waals surface area (Å²) in [5.41, 5.74) is 6.13. The number of rotatable bonds is 3. The number of carboxylic acid groups (broad SMARTS) is 1. The van der Waals surface area contributed by atoms with Crippen molar-refractivity contribution in [3.05, 3.63) is 27.3 Å². The Morgan fingerprint density at radius 3 is 2.79 bits per heavy atom. The molecule has 0 fully saturated rings. The molecule has 0 aromatic heterocycles. The van der Waals surface area contributed by atoms with Crippen molar-refractivity contribution >= 4 is 28.6 Å². The molecule has 1 rings (SSSR count). The molecule has 76 valence electrons. The summed E-state index contributed by atoms with van der Waals surface area (Å²) in [7, 11) is 0. The van der Waals surface area contributed by atoms with Gasteiger partial charge >= 0.3 is 5.97 Å². The monoisotopic (exact) mass is 305 g/mol. The third-order valence-corrected chi connectivity index (χ3v) is 2.84. The van der Waals surface area contributed by atoms with Crippen molar-refractivity contribution in [1.29, 1.82) is 0 Å². The Bertz CT molecular complexity index is 354. The second kappa shape index (κ2) is 4.61. The summed E-state index contributed by atoms with van der Waals surface area (Å²) >= 11 is 2.07. The van der Waals surface area contributed by atoms with Crippen molar-refractivity contribution in [3.8, 4) is 5.75 Å². The quantitative estimate of drug-likeness (QED) is 0.726. The maximum absolute atomic E-state index is 10.5. The normalized spacial score (nSPS) is 12.4. The Labute approximate surface area is 94.9 Å². The number of benzene rings is 1. The summed E-state index contributed by atoms with van der Waals surface area (Å²) < 4.78 is 0.900. The molecular weight excluding hydrogens is 295 g/mol. The molecule has 0 saturated heterocycles. The smallest absolute Gasteiger partial charge is 0.320 e. The van der Waals surface area contributed by atoms with Crippen LogP contribution in [-0.2, 0) is 11.2 Å². The Morgan fingerprint density at radius 2 is 2.21 bits per heavy atom. The molecular formula is C9H10INO3. The minimum Gasteiger partial charge on any atom is -0.508 e. The van der Waals surface area contributed by atoms with E-state index < -0.39 is 12.0 Å². The van der Waals surface area contributed by atoms with Crippen molar-refractivity contribution in [2.75, 3.05) is 0 Å². The van der Waals surface area contributed by atoms with Gasteiger partial charge in [-0.05, 0) is 52.8 Å². The number of halogens is 1. The van der Waals surface area contributed by atoms with E-state index in [-0.39, 0.29) is 12.2 Å². The number of nitrogens with two attached hydrogens (primary N) is 1. The lowest BCUT2D eigenvalue weighted by molar-refractivity contribution is -0.138. The van der Waals surface area contributed by atoms with Crippen molar-refractivity contribution in [2.45, 2.75) is 12.5 Å². The van der Waals surface area contributed by atoms with Crippen LogP contribution in [0.5, 0.6) is 5.75 Å². The van der Waals surface area contributed by atoms with Crippen molar-refractivity contribution in [1.82, 2.24) is 0 Å². The average molecular weight is 305 g/mol. The molecule has 0 saturated carbocycles. The molecule has 0 spiro atoms. The van der Waals surface area contributed by atoms with Crippen LogP contribution in [0.15, 0.2) is 18.2 Å². The highest BCUT2D eigenvalue weighted by Gasteiger charge is 2.14. The number of carbonyl (C=O) groups is 1. The number of phenols is 1.